The second-order valence-corrected chi connectivity index (χ2v) is 7.29. The number of rotatable bonds is 8. The Balaban J connectivity index is 1.97. The molecule has 0 spiro atoms. The molecule has 28 heavy (non-hydrogen) atoms. The van der Waals surface area contributed by atoms with Crippen molar-refractivity contribution in [3.63, 3.8) is 0 Å². The minimum atomic E-state index is -4.68. The number of hydrogen-bond donors (Lipinski definition) is 2. The Labute approximate surface area is 160 Å². The van der Waals surface area contributed by atoms with E-state index in [0.29, 0.717) is 24.1 Å². The lowest BCUT2D eigenvalue weighted by molar-refractivity contribution is -0.137. The average Bonchev–Trinajstić information content (AvgIpc) is 2.65. The Morgan fingerprint density at radius 3 is 2.64 bits per heavy atom. The van der Waals surface area contributed by atoms with Crippen molar-refractivity contribution in [2.45, 2.75) is 24.5 Å². The maximum absolute atomic E-state index is 12.7. The molecule has 0 unspecified atom stereocenters. The van der Waals surface area contributed by atoms with Crippen LogP contribution in [0.2, 0.25) is 0 Å². The van der Waals surface area contributed by atoms with E-state index in [9.17, 15) is 26.4 Å². The Bertz CT molecular complexity index is 933. The van der Waals surface area contributed by atoms with Crippen LogP contribution >= 0.6 is 0 Å². The van der Waals surface area contributed by atoms with Crippen molar-refractivity contribution in [3.8, 4) is 5.88 Å². The van der Waals surface area contributed by atoms with E-state index >= 15 is 0 Å². The molecule has 1 aromatic heterocycles. The van der Waals surface area contributed by atoms with Crippen molar-refractivity contribution < 1.29 is 31.1 Å². The Kier molecular flexibility index (Phi) is 6.97. The summed E-state index contributed by atoms with van der Waals surface area (Å²) in [7, 11) is -4.29. The van der Waals surface area contributed by atoms with E-state index in [1.165, 1.54) is 6.20 Å². The van der Waals surface area contributed by atoms with Gasteiger partial charge in [0.25, 0.3) is 0 Å². The molecule has 0 fully saturated rings. The summed E-state index contributed by atoms with van der Waals surface area (Å²) in [4.78, 5) is 15.4. The van der Waals surface area contributed by atoms with Crippen LogP contribution in [0.25, 0.3) is 0 Å². The molecular formula is C17H18F3N3O4S. The highest BCUT2D eigenvalue weighted by molar-refractivity contribution is 7.89. The third-order valence-electron chi connectivity index (χ3n) is 3.50. The van der Waals surface area contributed by atoms with Gasteiger partial charge in [0.15, 0.2) is 0 Å². The van der Waals surface area contributed by atoms with Gasteiger partial charge in [0, 0.05) is 18.3 Å². The summed E-state index contributed by atoms with van der Waals surface area (Å²) in [5.74, 6) is -0.323. The van der Waals surface area contributed by atoms with Gasteiger partial charge in [0.05, 0.1) is 23.6 Å². The Hall–Kier alpha value is -2.66. The fourth-order valence-corrected chi connectivity index (χ4v) is 3.19. The van der Waals surface area contributed by atoms with Crippen molar-refractivity contribution in [1.29, 1.82) is 0 Å². The molecule has 7 nitrogen and oxygen atoms in total. The lowest BCUT2D eigenvalue weighted by Crippen LogP contribution is -2.36. The predicted molar refractivity (Wildman–Crippen MR) is 93.9 cm³/mol. The number of pyridine rings is 1. The summed E-state index contributed by atoms with van der Waals surface area (Å²) in [6, 6.07) is 6.60. The van der Waals surface area contributed by atoms with Crippen molar-refractivity contribution in [2.24, 2.45) is 0 Å². The zero-order chi connectivity index (χ0) is 20.8. The highest BCUT2D eigenvalue weighted by Crippen LogP contribution is 2.30. The van der Waals surface area contributed by atoms with Crippen LogP contribution in [0, 0.1) is 0 Å². The summed E-state index contributed by atoms with van der Waals surface area (Å²) in [5, 5.41) is 2.49. The van der Waals surface area contributed by atoms with Gasteiger partial charge >= 0.3 is 6.18 Å². The molecule has 2 aromatic rings. The van der Waals surface area contributed by atoms with Crippen molar-refractivity contribution in [3.05, 3.63) is 53.7 Å². The average molecular weight is 417 g/mol. The van der Waals surface area contributed by atoms with E-state index in [1.807, 2.05) is 4.72 Å². The number of sulfonamides is 1. The lowest BCUT2D eigenvalue weighted by Gasteiger charge is -2.11. The van der Waals surface area contributed by atoms with Crippen molar-refractivity contribution in [1.82, 2.24) is 15.0 Å². The molecule has 0 aliphatic rings. The van der Waals surface area contributed by atoms with Gasteiger partial charge in [-0.05, 0) is 31.2 Å². The molecule has 0 atom stereocenters. The van der Waals surface area contributed by atoms with Gasteiger partial charge in [-0.25, -0.2) is 18.1 Å². The third kappa shape index (κ3) is 5.92. The molecule has 152 valence electrons. The normalized spacial score (nSPS) is 11.9. The summed E-state index contributed by atoms with van der Waals surface area (Å²) >= 11 is 0. The quantitative estimate of drug-likeness (QED) is 0.686. The number of hydrogen-bond acceptors (Lipinski definition) is 5. The van der Waals surface area contributed by atoms with E-state index in [-0.39, 0.29) is 6.54 Å². The topological polar surface area (TPSA) is 97.4 Å². The molecule has 0 saturated carbocycles. The standard InChI is InChI=1S/C17H18F3N3O4S/c1-2-27-16-12(5-4-8-21-16)10-22-15(24)11-23-28(25,26)14-7-3-6-13(9-14)17(18,19)20/h3-9,23H,2,10-11H2,1H3,(H,22,24). The van der Waals surface area contributed by atoms with Gasteiger partial charge in [0.1, 0.15) is 0 Å². The van der Waals surface area contributed by atoms with Gasteiger partial charge in [-0.15, -0.1) is 0 Å². The molecule has 1 amide bonds. The SMILES string of the molecule is CCOc1ncccc1CNC(=O)CNS(=O)(=O)c1cccc(C(F)(F)F)c1. The maximum Gasteiger partial charge on any atom is 0.416 e. The minimum Gasteiger partial charge on any atom is -0.478 e. The number of halogens is 3. The number of aromatic nitrogens is 1. The van der Waals surface area contributed by atoms with Crippen LogP contribution < -0.4 is 14.8 Å². The molecule has 0 bridgehead atoms. The smallest absolute Gasteiger partial charge is 0.416 e. The van der Waals surface area contributed by atoms with Crippen LogP contribution in [0.5, 0.6) is 5.88 Å². The number of carbonyl (C=O) groups is 1. The van der Waals surface area contributed by atoms with Crippen LogP contribution in [-0.2, 0) is 27.5 Å². The second kappa shape index (κ2) is 9.02. The van der Waals surface area contributed by atoms with E-state index in [4.69, 9.17) is 4.74 Å². The zero-order valence-corrected chi connectivity index (χ0v) is 15.6. The van der Waals surface area contributed by atoms with Gasteiger partial charge in [0.2, 0.25) is 21.8 Å². The molecule has 0 saturated heterocycles. The van der Waals surface area contributed by atoms with Gasteiger partial charge < -0.3 is 10.1 Å². The van der Waals surface area contributed by atoms with Crippen LogP contribution in [0.4, 0.5) is 13.2 Å². The van der Waals surface area contributed by atoms with Gasteiger partial charge in [-0.2, -0.15) is 13.2 Å². The zero-order valence-electron chi connectivity index (χ0n) is 14.8. The molecule has 1 aromatic carbocycles. The number of amides is 1. The Morgan fingerprint density at radius 2 is 1.96 bits per heavy atom. The van der Waals surface area contributed by atoms with Crippen LogP contribution in [0.3, 0.4) is 0 Å². The highest BCUT2D eigenvalue weighted by Gasteiger charge is 2.31. The summed E-state index contributed by atoms with van der Waals surface area (Å²) in [6.45, 7) is 1.57. The number of carbonyl (C=O) groups excluding carboxylic acids is 1. The van der Waals surface area contributed by atoms with E-state index < -0.39 is 39.1 Å². The molecule has 0 aliphatic carbocycles. The Morgan fingerprint density at radius 1 is 1.21 bits per heavy atom. The van der Waals surface area contributed by atoms with E-state index in [0.717, 1.165) is 18.2 Å². The number of ether oxygens (including phenoxy) is 1. The summed E-state index contributed by atoms with van der Waals surface area (Å²) < 4.78 is 69.7. The molecule has 0 aliphatic heterocycles. The first-order valence-electron chi connectivity index (χ1n) is 8.14. The maximum atomic E-state index is 12.7. The van der Waals surface area contributed by atoms with Crippen LogP contribution in [0.1, 0.15) is 18.1 Å². The monoisotopic (exact) mass is 417 g/mol. The lowest BCUT2D eigenvalue weighted by atomic mass is 10.2. The summed E-state index contributed by atoms with van der Waals surface area (Å²) in [6.07, 6.45) is -3.15. The molecular weight excluding hydrogens is 399 g/mol. The fourth-order valence-electron chi connectivity index (χ4n) is 2.17. The first-order chi connectivity index (χ1) is 13.1. The molecule has 0 radical (unpaired) electrons. The van der Waals surface area contributed by atoms with Gasteiger partial charge in [-0.1, -0.05) is 12.1 Å². The minimum absolute atomic E-state index is 0.0489. The molecule has 2 rings (SSSR count). The molecule has 2 N–H and O–H groups in total. The van der Waals surface area contributed by atoms with Crippen LogP contribution in [0.15, 0.2) is 47.5 Å². The van der Waals surface area contributed by atoms with E-state index in [2.05, 4.69) is 10.3 Å². The fraction of sp³-hybridized carbons (Fsp3) is 0.294. The first-order valence-corrected chi connectivity index (χ1v) is 9.62. The second-order valence-electron chi connectivity index (χ2n) is 5.53. The van der Waals surface area contributed by atoms with Crippen LogP contribution in [-0.4, -0.2) is 32.5 Å². The van der Waals surface area contributed by atoms with Crippen molar-refractivity contribution >= 4 is 15.9 Å². The number of nitrogens with zero attached hydrogens (tertiary/aromatic N) is 1. The summed E-state index contributed by atoms with van der Waals surface area (Å²) in [5.41, 5.74) is -0.502. The number of nitrogens with one attached hydrogen (secondary N) is 2. The van der Waals surface area contributed by atoms with E-state index in [1.54, 1.807) is 19.1 Å². The molecule has 11 heteroatoms. The van der Waals surface area contributed by atoms with Gasteiger partial charge in [-0.3, -0.25) is 4.79 Å². The number of benzene rings is 1. The molecule has 1 heterocycles. The van der Waals surface area contributed by atoms with Crippen molar-refractivity contribution in [2.75, 3.05) is 13.2 Å². The number of alkyl halides is 3. The highest BCUT2D eigenvalue weighted by atomic mass is 32.2. The largest absolute Gasteiger partial charge is 0.478 e. The first kappa shape index (κ1) is 21.6. The third-order valence-corrected chi connectivity index (χ3v) is 4.90. The predicted octanol–water partition coefficient (Wildman–Crippen LogP) is 2.09.